The Bertz CT molecular complexity index is 1320. The lowest BCUT2D eigenvalue weighted by atomic mass is 10.0. The fraction of sp³-hybridized carbons (Fsp3) is 0.379. The monoisotopic (exact) mass is 580 g/mol. The van der Waals surface area contributed by atoms with E-state index in [4.69, 9.17) is 20.0 Å². The summed E-state index contributed by atoms with van der Waals surface area (Å²) in [6, 6.07) is 14.5. The number of nitrogens with zero attached hydrogens (tertiary/aromatic N) is 2. The number of methoxy groups -OCH3 is 1. The average molecular weight is 581 g/mol. The largest absolute Gasteiger partial charge is 0.467 e. The lowest BCUT2D eigenvalue weighted by Gasteiger charge is -2.18. The number of benzene rings is 2. The summed E-state index contributed by atoms with van der Waals surface area (Å²) in [6.45, 7) is 5.30. The van der Waals surface area contributed by atoms with Crippen molar-refractivity contribution in [1.29, 1.82) is 0 Å². The number of amidine groups is 1. The van der Waals surface area contributed by atoms with E-state index in [1.165, 1.54) is 7.11 Å². The minimum Gasteiger partial charge on any atom is -0.467 e. The van der Waals surface area contributed by atoms with Crippen LogP contribution in [0.25, 0.3) is 0 Å². The summed E-state index contributed by atoms with van der Waals surface area (Å²) in [5.41, 5.74) is 8.05. The van der Waals surface area contributed by atoms with E-state index in [1.54, 1.807) is 45.0 Å². The van der Waals surface area contributed by atoms with Gasteiger partial charge in [-0.15, -0.1) is 0 Å². The number of hydrogen-bond donors (Lipinski definition) is 4. The van der Waals surface area contributed by atoms with Gasteiger partial charge in [-0.1, -0.05) is 59.8 Å². The summed E-state index contributed by atoms with van der Waals surface area (Å²) in [7, 11) is 1.20. The van der Waals surface area contributed by atoms with Crippen molar-refractivity contribution in [1.82, 2.24) is 16.0 Å². The van der Waals surface area contributed by atoms with Gasteiger partial charge in [-0.3, -0.25) is 4.79 Å². The van der Waals surface area contributed by atoms with Crippen LogP contribution in [0.15, 0.2) is 64.7 Å². The highest BCUT2D eigenvalue weighted by Crippen LogP contribution is 2.19. The van der Waals surface area contributed by atoms with Gasteiger partial charge >= 0.3 is 18.1 Å². The Morgan fingerprint density at radius 2 is 1.76 bits per heavy atom. The van der Waals surface area contributed by atoms with E-state index in [9.17, 15) is 19.2 Å². The van der Waals surface area contributed by atoms with Gasteiger partial charge in [0.25, 0.3) is 0 Å². The van der Waals surface area contributed by atoms with Crippen LogP contribution in [0.4, 0.5) is 9.59 Å². The molecular weight excluding hydrogens is 544 g/mol. The van der Waals surface area contributed by atoms with Gasteiger partial charge in [0.2, 0.25) is 5.91 Å². The van der Waals surface area contributed by atoms with Gasteiger partial charge in [0, 0.05) is 25.1 Å². The van der Waals surface area contributed by atoms with Crippen molar-refractivity contribution >= 4 is 35.5 Å². The second-order valence-corrected chi connectivity index (χ2v) is 10.4. The highest BCUT2D eigenvalue weighted by molar-refractivity contribution is 6.05. The predicted octanol–water partition coefficient (Wildman–Crippen LogP) is 2.37. The topological polar surface area (TPSA) is 183 Å². The highest BCUT2D eigenvalue weighted by Gasteiger charge is 2.27. The maximum atomic E-state index is 12.6. The van der Waals surface area contributed by atoms with E-state index in [2.05, 4.69) is 26.1 Å². The van der Waals surface area contributed by atoms with Crippen molar-refractivity contribution in [2.24, 2.45) is 15.9 Å². The van der Waals surface area contributed by atoms with E-state index < -0.39 is 41.7 Å². The number of rotatable bonds is 10. The molecule has 42 heavy (non-hydrogen) atoms. The molecule has 0 aromatic heterocycles. The van der Waals surface area contributed by atoms with Crippen LogP contribution >= 0.6 is 0 Å². The third kappa shape index (κ3) is 10.2. The van der Waals surface area contributed by atoms with E-state index in [0.29, 0.717) is 17.7 Å². The first-order chi connectivity index (χ1) is 19.9. The molecule has 3 rings (SSSR count). The van der Waals surface area contributed by atoms with Gasteiger partial charge in [0.1, 0.15) is 23.6 Å². The zero-order chi connectivity index (χ0) is 30.7. The van der Waals surface area contributed by atoms with Crippen molar-refractivity contribution in [2.45, 2.75) is 57.9 Å². The van der Waals surface area contributed by atoms with Crippen LogP contribution in [-0.4, -0.2) is 66.9 Å². The molecule has 0 bridgehead atoms. The highest BCUT2D eigenvalue weighted by atomic mass is 16.6. The predicted molar refractivity (Wildman–Crippen MR) is 155 cm³/mol. The molecule has 1 heterocycles. The van der Waals surface area contributed by atoms with Crippen LogP contribution in [0, 0.1) is 0 Å². The van der Waals surface area contributed by atoms with Gasteiger partial charge in [-0.05, 0) is 31.9 Å². The maximum absolute atomic E-state index is 12.6. The molecule has 1 aliphatic rings. The molecule has 0 aliphatic carbocycles. The minimum absolute atomic E-state index is 0.0170. The molecule has 0 saturated heterocycles. The number of oxime groups is 1. The fourth-order valence-corrected chi connectivity index (χ4v) is 3.81. The Kier molecular flexibility index (Phi) is 11.0. The quantitative estimate of drug-likeness (QED) is 0.188. The lowest BCUT2D eigenvalue weighted by molar-refractivity contribution is -0.142. The van der Waals surface area contributed by atoms with E-state index in [0.717, 1.165) is 11.1 Å². The van der Waals surface area contributed by atoms with Crippen LogP contribution in [0.1, 0.15) is 50.3 Å². The van der Waals surface area contributed by atoms with E-state index in [1.807, 2.05) is 30.3 Å². The first-order valence-corrected chi connectivity index (χ1v) is 13.3. The van der Waals surface area contributed by atoms with Crippen molar-refractivity contribution in [3.63, 3.8) is 0 Å². The molecule has 5 N–H and O–H groups in total. The average Bonchev–Trinajstić information content (AvgIpc) is 3.41. The molecule has 2 aromatic rings. The number of hydrogen-bond acceptors (Lipinski definition) is 8. The maximum Gasteiger partial charge on any atom is 0.436 e. The Labute approximate surface area is 243 Å². The summed E-state index contributed by atoms with van der Waals surface area (Å²) in [6.07, 6.45) is -0.945. The Morgan fingerprint density at radius 3 is 2.40 bits per heavy atom. The van der Waals surface area contributed by atoms with Crippen LogP contribution in [0.5, 0.6) is 0 Å². The zero-order valence-corrected chi connectivity index (χ0v) is 24.0. The number of nitrogens with one attached hydrogen (secondary N) is 3. The van der Waals surface area contributed by atoms with E-state index in [-0.39, 0.29) is 25.3 Å². The molecule has 0 saturated carbocycles. The molecule has 2 aromatic carbocycles. The summed E-state index contributed by atoms with van der Waals surface area (Å²) in [5, 5.41) is 11.9. The van der Waals surface area contributed by atoms with Crippen LogP contribution in [0.3, 0.4) is 0 Å². The van der Waals surface area contributed by atoms with Crippen LogP contribution in [-0.2, 0) is 30.4 Å². The lowest BCUT2D eigenvalue weighted by Crippen LogP contribution is -2.51. The molecule has 224 valence electrons. The number of aliphatic imine (C=N–C) groups is 1. The Balaban J connectivity index is 1.46. The molecule has 13 nitrogen and oxygen atoms in total. The van der Waals surface area contributed by atoms with Crippen molar-refractivity contribution < 1.29 is 33.5 Å². The van der Waals surface area contributed by atoms with Crippen molar-refractivity contribution in [3.05, 3.63) is 71.3 Å². The minimum atomic E-state index is -1.09. The Morgan fingerprint density at radius 1 is 1.07 bits per heavy atom. The third-order valence-electron chi connectivity index (χ3n) is 5.86. The van der Waals surface area contributed by atoms with Gasteiger partial charge in [0.15, 0.2) is 0 Å². The van der Waals surface area contributed by atoms with Crippen LogP contribution in [0.2, 0.25) is 0 Å². The molecule has 0 radical (unpaired) electrons. The first-order valence-electron chi connectivity index (χ1n) is 13.3. The first kappa shape index (κ1) is 31.6. The summed E-state index contributed by atoms with van der Waals surface area (Å²) < 4.78 is 9.90. The zero-order valence-electron chi connectivity index (χ0n) is 24.0. The fourth-order valence-electron chi connectivity index (χ4n) is 3.81. The molecule has 2 atom stereocenters. The second-order valence-electron chi connectivity index (χ2n) is 10.4. The number of ether oxygens (including phenoxy) is 2. The molecule has 0 spiro atoms. The van der Waals surface area contributed by atoms with Crippen molar-refractivity contribution in [2.75, 3.05) is 13.7 Å². The number of urea groups is 1. The molecule has 1 aliphatic heterocycles. The number of amides is 4. The summed E-state index contributed by atoms with van der Waals surface area (Å²) >= 11 is 0. The smallest absolute Gasteiger partial charge is 0.436 e. The summed E-state index contributed by atoms with van der Waals surface area (Å²) in [4.78, 5) is 58.1. The van der Waals surface area contributed by atoms with E-state index >= 15 is 0 Å². The number of carbonyl (C=O) groups is 4. The van der Waals surface area contributed by atoms with Gasteiger partial charge < -0.3 is 36.0 Å². The van der Waals surface area contributed by atoms with Gasteiger partial charge in [-0.2, -0.15) is 4.99 Å². The molecular formula is C29H36N6O7. The number of esters is 1. The van der Waals surface area contributed by atoms with Gasteiger partial charge in [-0.25, -0.2) is 14.4 Å². The Hall–Kier alpha value is -4.94. The van der Waals surface area contributed by atoms with Crippen LogP contribution < -0.4 is 21.7 Å². The van der Waals surface area contributed by atoms with Gasteiger partial charge in [0.05, 0.1) is 19.2 Å². The molecule has 4 amide bonds. The standard InChI is InChI=1S/C29H36N6O7/c1-29(2,3)41-28(39)34-25(30)20-12-10-19(11-13-20)22-14-21(42-35-22)15-24(36)31-17-23(26(37)40-4)33-27(38)32-16-18-8-6-5-7-9-18/h5-13,21,23H,14-17H2,1-4H3,(H,31,36)(H2,30,34,39)(H2,32,33,38)/t21?,23-/m0/s1. The van der Waals surface area contributed by atoms with Crippen molar-refractivity contribution in [3.8, 4) is 0 Å². The summed E-state index contributed by atoms with van der Waals surface area (Å²) in [5.74, 6) is -1.07. The molecule has 13 heteroatoms. The second kappa shape index (κ2) is 14.6. The molecule has 0 fully saturated rings. The third-order valence-corrected chi connectivity index (χ3v) is 5.86. The SMILES string of the molecule is COC(=O)[C@H](CNC(=O)CC1CC(c2ccc(/C(N)=N/C(=O)OC(C)(C)C)cc2)=NO1)NC(=O)NCc1ccccc1. The number of nitrogens with two attached hydrogens (primary N) is 1. The molecule has 1 unspecified atom stereocenters. The number of carbonyl (C=O) groups excluding carboxylic acids is 4. The normalized spacial score (nSPS) is 15.5.